The summed E-state index contributed by atoms with van der Waals surface area (Å²) in [4.78, 5) is 13.9. The van der Waals surface area contributed by atoms with Crippen LogP contribution in [0.25, 0.3) is 0 Å². The van der Waals surface area contributed by atoms with Gasteiger partial charge in [-0.25, -0.2) is 0 Å². The van der Waals surface area contributed by atoms with Gasteiger partial charge in [0.25, 0.3) is 5.91 Å². The van der Waals surface area contributed by atoms with Gasteiger partial charge in [0.15, 0.2) is 6.61 Å². The molecule has 0 radical (unpaired) electrons. The van der Waals surface area contributed by atoms with Crippen LogP contribution >= 0.6 is 23.2 Å². The standard InChI is InChI=1S/C18H16Cl2N4O2/c19-14-6-7-17(15(20)10-14)26-12-18(25)23-16(11-24-21-8-9-22-24)13-4-2-1-3-5-13/h1-10,16H,11-12H2,(H,23,25). The van der Waals surface area contributed by atoms with Crippen molar-refractivity contribution in [2.75, 3.05) is 6.61 Å². The number of hydrogen-bond acceptors (Lipinski definition) is 4. The summed E-state index contributed by atoms with van der Waals surface area (Å²) < 4.78 is 5.48. The van der Waals surface area contributed by atoms with Crippen LogP contribution in [0.4, 0.5) is 0 Å². The van der Waals surface area contributed by atoms with E-state index in [1.54, 1.807) is 30.6 Å². The molecule has 1 amide bonds. The van der Waals surface area contributed by atoms with Crippen LogP contribution in [0, 0.1) is 0 Å². The summed E-state index contributed by atoms with van der Waals surface area (Å²) in [7, 11) is 0. The smallest absolute Gasteiger partial charge is 0.258 e. The van der Waals surface area contributed by atoms with Crippen molar-refractivity contribution in [2.24, 2.45) is 0 Å². The highest BCUT2D eigenvalue weighted by Gasteiger charge is 2.17. The van der Waals surface area contributed by atoms with E-state index >= 15 is 0 Å². The van der Waals surface area contributed by atoms with Gasteiger partial charge in [-0.05, 0) is 23.8 Å². The van der Waals surface area contributed by atoms with Crippen molar-refractivity contribution in [2.45, 2.75) is 12.6 Å². The predicted octanol–water partition coefficient (Wildman–Crippen LogP) is 3.52. The SMILES string of the molecule is O=C(COc1ccc(Cl)cc1Cl)NC(Cn1nccn1)c1ccccc1. The molecule has 1 aromatic heterocycles. The zero-order chi connectivity index (χ0) is 18.4. The third kappa shape index (κ3) is 4.97. The molecule has 1 unspecified atom stereocenters. The van der Waals surface area contributed by atoms with E-state index in [9.17, 15) is 4.79 Å². The molecule has 134 valence electrons. The Bertz CT molecular complexity index is 857. The van der Waals surface area contributed by atoms with Crippen molar-refractivity contribution >= 4 is 29.1 Å². The lowest BCUT2D eigenvalue weighted by molar-refractivity contribution is -0.124. The monoisotopic (exact) mass is 390 g/mol. The number of rotatable bonds is 7. The molecule has 1 N–H and O–H groups in total. The second kappa shape index (κ2) is 8.69. The van der Waals surface area contributed by atoms with Crippen molar-refractivity contribution < 1.29 is 9.53 Å². The molecule has 6 nitrogen and oxygen atoms in total. The lowest BCUT2D eigenvalue weighted by Gasteiger charge is -2.19. The minimum absolute atomic E-state index is 0.169. The van der Waals surface area contributed by atoms with Crippen LogP contribution in [0.3, 0.4) is 0 Å². The Labute approximate surface area is 160 Å². The van der Waals surface area contributed by atoms with Crippen LogP contribution in [0.5, 0.6) is 5.75 Å². The van der Waals surface area contributed by atoms with Gasteiger partial charge in [0, 0.05) is 5.02 Å². The fourth-order valence-corrected chi connectivity index (χ4v) is 2.86. The summed E-state index contributed by atoms with van der Waals surface area (Å²) in [6, 6.07) is 14.2. The Balaban J connectivity index is 1.65. The Hall–Kier alpha value is -2.57. The van der Waals surface area contributed by atoms with Crippen LogP contribution in [0.15, 0.2) is 60.9 Å². The molecule has 1 atom stereocenters. The van der Waals surface area contributed by atoms with Crippen LogP contribution in [-0.2, 0) is 11.3 Å². The van der Waals surface area contributed by atoms with Crippen molar-refractivity contribution in [3.05, 3.63) is 76.5 Å². The molecule has 0 fully saturated rings. The maximum Gasteiger partial charge on any atom is 0.258 e. The molecule has 1 heterocycles. The van der Waals surface area contributed by atoms with Crippen LogP contribution in [-0.4, -0.2) is 27.5 Å². The van der Waals surface area contributed by atoms with Crippen LogP contribution < -0.4 is 10.1 Å². The van der Waals surface area contributed by atoms with E-state index in [0.29, 0.717) is 22.3 Å². The number of halogens is 2. The highest BCUT2D eigenvalue weighted by Crippen LogP contribution is 2.27. The first-order chi connectivity index (χ1) is 12.6. The molecule has 3 aromatic rings. The molecular formula is C18H16Cl2N4O2. The van der Waals surface area contributed by atoms with Crippen molar-refractivity contribution in [3.63, 3.8) is 0 Å². The molecule has 3 rings (SSSR count). The predicted molar refractivity (Wildman–Crippen MR) is 99.3 cm³/mol. The first-order valence-electron chi connectivity index (χ1n) is 7.88. The second-order valence-electron chi connectivity index (χ2n) is 5.48. The summed E-state index contributed by atoms with van der Waals surface area (Å²) in [5.74, 6) is 0.119. The maximum atomic E-state index is 12.4. The average Bonchev–Trinajstić information content (AvgIpc) is 3.14. The Morgan fingerprint density at radius 2 is 1.85 bits per heavy atom. The number of hydrogen-bond donors (Lipinski definition) is 1. The summed E-state index contributed by atoms with van der Waals surface area (Å²) >= 11 is 11.9. The third-order valence-electron chi connectivity index (χ3n) is 3.60. The van der Waals surface area contributed by atoms with Gasteiger partial charge in [-0.1, -0.05) is 53.5 Å². The summed E-state index contributed by atoms with van der Waals surface area (Å²) in [6.07, 6.45) is 3.19. The zero-order valence-corrected chi connectivity index (χ0v) is 15.2. The topological polar surface area (TPSA) is 69.0 Å². The van der Waals surface area contributed by atoms with Crippen LogP contribution in [0.1, 0.15) is 11.6 Å². The molecule has 0 aliphatic heterocycles. The first-order valence-corrected chi connectivity index (χ1v) is 8.63. The number of amides is 1. The van der Waals surface area contributed by atoms with Gasteiger partial charge in [-0.2, -0.15) is 15.0 Å². The van der Waals surface area contributed by atoms with Gasteiger partial charge in [-0.15, -0.1) is 0 Å². The number of carbonyl (C=O) groups is 1. The molecule has 0 bridgehead atoms. The number of aromatic nitrogens is 3. The van der Waals surface area contributed by atoms with Gasteiger partial charge in [0.05, 0.1) is 30.0 Å². The quantitative estimate of drug-likeness (QED) is 0.669. The van der Waals surface area contributed by atoms with E-state index < -0.39 is 0 Å². The number of carbonyl (C=O) groups excluding carboxylic acids is 1. The van der Waals surface area contributed by atoms with E-state index in [-0.39, 0.29) is 18.6 Å². The van der Waals surface area contributed by atoms with Gasteiger partial charge in [0.1, 0.15) is 5.75 Å². The molecule has 0 saturated heterocycles. The third-order valence-corrected chi connectivity index (χ3v) is 4.13. The first kappa shape index (κ1) is 18.2. The van der Waals surface area contributed by atoms with E-state index in [4.69, 9.17) is 27.9 Å². The summed E-state index contributed by atoms with van der Waals surface area (Å²) in [5.41, 5.74) is 0.947. The fourth-order valence-electron chi connectivity index (χ4n) is 2.39. The minimum Gasteiger partial charge on any atom is -0.482 e. The van der Waals surface area contributed by atoms with Crippen molar-refractivity contribution in [3.8, 4) is 5.75 Å². The molecule has 0 aliphatic carbocycles. The fraction of sp³-hybridized carbons (Fsp3) is 0.167. The largest absolute Gasteiger partial charge is 0.482 e. The number of nitrogens with zero attached hydrogens (tertiary/aromatic N) is 3. The Morgan fingerprint density at radius 3 is 2.54 bits per heavy atom. The summed E-state index contributed by atoms with van der Waals surface area (Å²) in [6.45, 7) is 0.238. The average molecular weight is 391 g/mol. The summed E-state index contributed by atoms with van der Waals surface area (Å²) in [5, 5.41) is 12.0. The second-order valence-corrected chi connectivity index (χ2v) is 6.32. The molecule has 26 heavy (non-hydrogen) atoms. The normalized spacial score (nSPS) is 11.8. The number of ether oxygens (including phenoxy) is 1. The molecule has 0 spiro atoms. The van der Waals surface area contributed by atoms with Gasteiger partial charge in [0.2, 0.25) is 0 Å². The zero-order valence-electron chi connectivity index (χ0n) is 13.7. The maximum absolute atomic E-state index is 12.4. The molecule has 0 aliphatic rings. The molecular weight excluding hydrogens is 375 g/mol. The number of nitrogens with one attached hydrogen (secondary N) is 1. The van der Waals surface area contributed by atoms with E-state index in [1.807, 2.05) is 30.3 Å². The highest BCUT2D eigenvalue weighted by molar-refractivity contribution is 6.35. The van der Waals surface area contributed by atoms with Gasteiger partial charge < -0.3 is 10.1 Å². The Kier molecular flexibility index (Phi) is 6.09. The Morgan fingerprint density at radius 1 is 1.12 bits per heavy atom. The van der Waals surface area contributed by atoms with Crippen LogP contribution in [0.2, 0.25) is 10.0 Å². The van der Waals surface area contributed by atoms with Crippen molar-refractivity contribution in [1.29, 1.82) is 0 Å². The lowest BCUT2D eigenvalue weighted by atomic mass is 10.1. The van der Waals surface area contributed by atoms with Gasteiger partial charge >= 0.3 is 0 Å². The number of benzene rings is 2. The van der Waals surface area contributed by atoms with E-state index in [2.05, 4.69) is 15.5 Å². The van der Waals surface area contributed by atoms with E-state index in [0.717, 1.165) is 5.56 Å². The minimum atomic E-state index is -0.291. The lowest BCUT2D eigenvalue weighted by Crippen LogP contribution is -2.35. The molecule has 2 aromatic carbocycles. The van der Waals surface area contributed by atoms with E-state index in [1.165, 1.54) is 4.80 Å². The molecule has 0 saturated carbocycles. The highest BCUT2D eigenvalue weighted by atomic mass is 35.5. The van der Waals surface area contributed by atoms with Gasteiger partial charge in [-0.3, -0.25) is 4.79 Å². The molecule has 8 heteroatoms. The van der Waals surface area contributed by atoms with Crippen molar-refractivity contribution in [1.82, 2.24) is 20.3 Å².